The summed E-state index contributed by atoms with van der Waals surface area (Å²) in [7, 11) is 3.90. The lowest BCUT2D eigenvalue weighted by molar-refractivity contribution is 0.251. The zero-order chi connectivity index (χ0) is 15.2. The van der Waals surface area contributed by atoms with Gasteiger partial charge in [0.25, 0.3) is 5.76 Å². The second kappa shape index (κ2) is 7.31. The minimum absolute atomic E-state index is 0.174. The minimum Gasteiger partial charge on any atom is -0.463 e. The number of hydrogen-bond acceptors (Lipinski definition) is 5. The van der Waals surface area contributed by atoms with Crippen molar-refractivity contribution in [2.24, 2.45) is 0 Å². The number of alkyl halides is 2. The van der Waals surface area contributed by atoms with Gasteiger partial charge in [-0.2, -0.15) is 8.78 Å². The van der Waals surface area contributed by atoms with Crippen LogP contribution in [0.4, 0.5) is 20.2 Å². The maximum Gasteiger partial charge on any atom is 0.284 e. The van der Waals surface area contributed by atoms with Crippen LogP contribution in [0, 0.1) is 0 Å². The molecular formula is C14H17F2N3OS. The largest absolute Gasteiger partial charge is 0.463 e. The van der Waals surface area contributed by atoms with Crippen molar-refractivity contribution in [1.82, 2.24) is 4.98 Å². The first kappa shape index (κ1) is 15.6. The molecule has 0 bridgehead atoms. The highest BCUT2D eigenvalue weighted by Crippen LogP contribution is 2.24. The number of halogens is 2. The molecule has 7 heteroatoms. The topological polar surface area (TPSA) is 41.3 Å². The van der Waals surface area contributed by atoms with E-state index in [9.17, 15) is 8.78 Å². The first-order valence-electron chi connectivity index (χ1n) is 6.39. The van der Waals surface area contributed by atoms with Gasteiger partial charge >= 0.3 is 0 Å². The van der Waals surface area contributed by atoms with E-state index in [4.69, 9.17) is 4.42 Å². The number of nitrogens with zero attached hydrogens (tertiary/aromatic N) is 2. The summed E-state index contributed by atoms with van der Waals surface area (Å²) >= 11 is 0.554. The van der Waals surface area contributed by atoms with Crippen molar-refractivity contribution in [3.05, 3.63) is 42.1 Å². The summed E-state index contributed by atoms with van der Waals surface area (Å²) in [6.45, 7) is 0.478. The maximum absolute atomic E-state index is 12.1. The molecule has 0 amide bonds. The smallest absolute Gasteiger partial charge is 0.284 e. The quantitative estimate of drug-likeness (QED) is 0.842. The van der Waals surface area contributed by atoms with Gasteiger partial charge in [-0.25, -0.2) is 0 Å². The molecule has 21 heavy (non-hydrogen) atoms. The van der Waals surface area contributed by atoms with Gasteiger partial charge in [0, 0.05) is 20.3 Å². The average molecular weight is 313 g/mol. The molecule has 2 rings (SSSR count). The van der Waals surface area contributed by atoms with E-state index in [1.807, 2.05) is 25.1 Å². The van der Waals surface area contributed by atoms with Crippen LogP contribution in [-0.2, 0) is 12.3 Å². The summed E-state index contributed by atoms with van der Waals surface area (Å²) in [4.78, 5) is 6.07. The fourth-order valence-corrected chi connectivity index (χ4v) is 2.28. The highest BCUT2D eigenvalue weighted by atomic mass is 32.2. The van der Waals surface area contributed by atoms with Crippen molar-refractivity contribution in [3.63, 3.8) is 0 Å². The maximum atomic E-state index is 12.1. The standard InChI is InChI=1S/C14H17F2N3OS/c1-19(2)13-5-6-17-8-12(13)18-7-10-3-4-11(20-10)9-21-14(15)16/h3-6,8,14,18H,7,9H2,1-2H3. The monoisotopic (exact) mass is 313 g/mol. The molecule has 114 valence electrons. The molecule has 0 aliphatic carbocycles. The number of hydrogen-bond donors (Lipinski definition) is 1. The van der Waals surface area contributed by atoms with Crippen LogP contribution in [-0.4, -0.2) is 24.8 Å². The van der Waals surface area contributed by atoms with E-state index >= 15 is 0 Å². The molecule has 0 unspecified atom stereocenters. The van der Waals surface area contributed by atoms with Gasteiger partial charge in [-0.1, -0.05) is 11.8 Å². The van der Waals surface area contributed by atoms with Gasteiger partial charge in [0.05, 0.1) is 29.9 Å². The molecule has 0 atom stereocenters. The predicted molar refractivity (Wildman–Crippen MR) is 81.9 cm³/mol. The molecule has 1 N–H and O–H groups in total. The summed E-state index contributed by atoms with van der Waals surface area (Å²) in [6, 6.07) is 5.43. The van der Waals surface area contributed by atoms with Gasteiger partial charge in [-0.3, -0.25) is 4.98 Å². The van der Waals surface area contributed by atoms with Crippen molar-refractivity contribution >= 4 is 23.1 Å². The van der Waals surface area contributed by atoms with Crippen molar-refractivity contribution in [3.8, 4) is 0 Å². The van der Waals surface area contributed by atoms with Crippen LogP contribution in [0.1, 0.15) is 11.5 Å². The van der Waals surface area contributed by atoms with E-state index in [2.05, 4.69) is 10.3 Å². The molecular weight excluding hydrogens is 296 g/mol. The minimum atomic E-state index is -2.38. The molecule has 0 radical (unpaired) electrons. The predicted octanol–water partition coefficient (Wildman–Crippen LogP) is 3.81. The molecule has 0 saturated heterocycles. The molecule has 4 nitrogen and oxygen atoms in total. The number of nitrogens with one attached hydrogen (secondary N) is 1. The Kier molecular flexibility index (Phi) is 5.44. The molecule has 0 spiro atoms. The summed E-state index contributed by atoms with van der Waals surface area (Å²) in [6.07, 6.45) is 3.47. The van der Waals surface area contributed by atoms with Crippen molar-refractivity contribution < 1.29 is 13.2 Å². The second-order valence-electron chi connectivity index (χ2n) is 4.58. The van der Waals surface area contributed by atoms with Crippen molar-refractivity contribution in [2.45, 2.75) is 18.1 Å². The van der Waals surface area contributed by atoms with Crippen LogP contribution in [0.15, 0.2) is 35.0 Å². The summed E-state index contributed by atoms with van der Waals surface area (Å²) in [5, 5.41) is 3.24. The summed E-state index contributed by atoms with van der Waals surface area (Å²) < 4.78 is 29.7. The van der Waals surface area contributed by atoms with E-state index in [1.165, 1.54) is 0 Å². The van der Waals surface area contributed by atoms with Gasteiger partial charge in [-0.05, 0) is 18.2 Å². The summed E-state index contributed by atoms with van der Waals surface area (Å²) in [5.41, 5.74) is 1.91. The number of pyridine rings is 1. The zero-order valence-electron chi connectivity index (χ0n) is 11.8. The number of thioether (sulfide) groups is 1. The summed E-state index contributed by atoms with van der Waals surface area (Å²) in [5.74, 6) is -0.952. The third kappa shape index (κ3) is 4.63. The van der Waals surface area contributed by atoms with Crippen LogP contribution >= 0.6 is 11.8 Å². The average Bonchev–Trinajstić information content (AvgIpc) is 2.91. The lowest BCUT2D eigenvalue weighted by atomic mass is 10.3. The lowest BCUT2D eigenvalue weighted by Gasteiger charge is -2.17. The van der Waals surface area contributed by atoms with Crippen molar-refractivity contribution in [1.29, 1.82) is 0 Å². The van der Waals surface area contributed by atoms with Gasteiger partial charge in [0.15, 0.2) is 0 Å². The Bertz CT molecular complexity index is 575. The number of aromatic nitrogens is 1. The van der Waals surface area contributed by atoms with E-state index in [-0.39, 0.29) is 5.75 Å². The van der Waals surface area contributed by atoms with Gasteiger partial charge < -0.3 is 14.6 Å². The van der Waals surface area contributed by atoms with Gasteiger partial charge in [0.2, 0.25) is 0 Å². The van der Waals surface area contributed by atoms with E-state index in [0.717, 1.165) is 11.4 Å². The fourth-order valence-electron chi connectivity index (χ4n) is 1.84. The number of furan rings is 1. The van der Waals surface area contributed by atoms with Gasteiger partial charge in [-0.15, -0.1) is 0 Å². The first-order chi connectivity index (χ1) is 10.1. The Labute approximate surface area is 126 Å². The number of rotatable bonds is 7. The fraction of sp³-hybridized carbons (Fsp3) is 0.357. The third-order valence-corrected chi connectivity index (χ3v) is 3.50. The van der Waals surface area contributed by atoms with Crippen LogP contribution in [0.3, 0.4) is 0 Å². The van der Waals surface area contributed by atoms with E-state index in [0.29, 0.717) is 29.8 Å². The van der Waals surface area contributed by atoms with Crippen molar-refractivity contribution in [2.75, 3.05) is 24.3 Å². The third-order valence-electron chi connectivity index (χ3n) is 2.80. The molecule has 2 aromatic heterocycles. The molecule has 0 aliphatic heterocycles. The Morgan fingerprint density at radius 1 is 1.29 bits per heavy atom. The molecule has 2 aromatic rings. The van der Waals surface area contributed by atoms with E-state index < -0.39 is 5.76 Å². The SMILES string of the molecule is CN(C)c1ccncc1NCc1ccc(CSC(F)F)o1. The first-order valence-corrected chi connectivity index (χ1v) is 7.43. The van der Waals surface area contributed by atoms with Gasteiger partial charge in [0.1, 0.15) is 11.5 Å². The Balaban J connectivity index is 1.94. The Morgan fingerprint density at radius 3 is 2.76 bits per heavy atom. The molecule has 0 aliphatic rings. The second-order valence-corrected chi connectivity index (χ2v) is 5.56. The lowest BCUT2D eigenvalue weighted by Crippen LogP contribution is -2.12. The van der Waals surface area contributed by atoms with Crippen LogP contribution < -0.4 is 10.2 Å². The Hall–Kier alpha value is -1.76. The normalized spacial score (nSPS) is 10.9. The molecule has 0 saturated carbocycles. The van der Waals surface area contributed by atoms with Crippen LogP contribution in [0.5, 0.6) is 0 Å². The van der Waals surface area contributed by atoms with Crippen LogP contribution in [0.2, 0.25) is 0 Å². The zero-order valence-corrected chi connectivity index (χ0v) is 12.7. The van der Waals surface area contributed by atoms with Crippen LogP contribution in [0.25, 0.3) is 0 Å². The Morgan fingerprint density at radius 2 is 2.05 bits per heavy atom. The molecule has 0 aromatic carbocycles. The molecule has 2 heterocycles. The molecule has 0 fully saturated rings. The highest BCUT2D eigenvalue weighted by molar-refractivity contribution is 7.98. The van der Waals surface area contributed by atoms with E-state index in [1.54, 1.807) is 24.5 Å². The number of anilines is 2. The highest BCUT2D eigenvalue weighted by Gasteiger charge is 2.08.